The quantitative estimate of drug-likeness (QED) is 0.789. The van der Waals surface area contributed by atoms with Crippen LogP contribution in [0.3, 0.4) is 0 Å². The topological polar surface area (TPSA) is 17.8 Å². The number of rotatable bonds is 4. The van der Waals surface area contributed by atoms with Crippen LogP contribution in [0, 0.1) is 0 Å². The van der Waals surface area contributed by atoms with Gasteiger partial charge >= 0.3 is 0 Å². The molecule has 0 fully saturated rings. The molecule has 90 valence electrons. The summed E-state index contributed by atoms with van der Waals surface area (Å²) in [5.41, 5.74) is 1.23. The summed E-state index contributed by atoms with van der Waals surface area (Å²) in [6.45, 7) is 0. The van der Waals surface area contributed by atoms with E-state index in [1.165, 1.54) is 5.56 Å². The third-order valence-electron chi connectivity index (χ3n) is 2.31. The van der Waals surface area contributed by atoms with Crippen LogP contribution in [0.4, 0.5) is 0 Å². The molecular formula is C12H12Cl2N2S. The fourth-order valence-electron chi connectivity index (χ4n) is 1.49. The molecule has 0 saturated heterocycles. The predicted octanol–water partition coefficient (Wildman–Crippen LogP) is 4.06. The molecule has 0 atom stereocenters. The maximum Gasteiger partial charge on any atom is 0.0556 e. The van der Waals surface area contributed by atoms with Gasteiger partial charge in [0.25, 0.3) is 0 Å². The Labute approximate surface area is 115 Å². The van der Waals surface area contributed by atoms with Crippen LogP contribution in [0.2, 0.25) is 10.0 Å². The van der Waals surface area contributed by atoms with E-state index in [0.717, 1.165) is 17.1 Å². The van der Waals surface area contributed by atoms with Crippen LogP contribution >= 0.6 is 35.0 Å². The van der Waals surface area contributed by atoms with E-state index in [9.17, 15) is 0 Å². The minimum Gasteiger partial charge on any atom is -0.276 e. The van der Waals surface area contributed by atoms with Gasteiger partial charge in [-0.15, -0.1) is 11.8 Å². The van der Waals surface area contributed by atoms with Crippen molar-refractivity contribution in [2.24, 2.45) is 7.05 Å². The SMILES string of the molecule is Cn1cc(CCSc2c(Cl)cccc2Cl)cn1. The van der Waals surface area contributed by atoms with Crippen LogP contribution in [0.25, 0.3) is 0 Å². The number of hydrogen-bond donors (Lipinski definition) is 0. The van der Waals surface area contributed by atoms with Gasteiger partial charge < -0.3 is 0 Å². The first-order chi connectivity index (χ1) is 8.16. The summed E-state index contributed by atoms with van der Waals surface area (Å²) in [4.78, 5) is 0.958. The van der Waals surface area contributed by atoms with Gasteiger partial charge in [0.05, 0.1) is 16.2 Å². The highest BCUT2D eigenvalue weighted by molar-refractivity contribution is 7.99. The number of aryl methyl sites for hydroxylation is 2. The molecule has 5 heteroatoms. The van der Waals surface area contributed by atoms with E-state index in [-0.39, 0.29) is 0 Å². The lowest BCUT2D eigenvalue weighted by molar-refractivity contribution is 0.767. The maximum absolute atomic E-state index is 6.09. The standard InChI is InChI=1S/C12H12Cl2N2S/c1-16-8-9(7-15-16)5-6-17-12-10(13)3-2-4-11(12)14/h2-4,7-8H,5-6H2,1H3. The van der Waals surface area contributed by atoms with E-state index in [1.807, 2.05) is 42.3 Å². The summed E-state index contributed by atoms with van der Waals surface area (Å²) < 4.78 is 1.81. The smallest absolute Gasteiger partial charge is 0.0556 e. The highest BCUT2D eigenvalue weighted by atomic mass is 35.5. The summed E-state index contributed by atoms with van der Waals surface area (Å²) in [5, 5.41) is 5.57. The fourth-order valence-corrected chi connectivity index (χ4v) is 3.17. The Hall–Kier alpha value is -0.640. The largest absolute Gasteiger partial charge is 0.276 e. The molecule has 1 aromatic carbocycles. The molecule has 2 nitrogen and oxygen atoms in total. The van der Waals surface area contributed by atoms with E-state index < -0.39 is 0 Å². The Morgan fingerprint density at radius 3 is 2.59 bits per heavy atom. The van der Waals surface area contributed by atoms with E-state index in [1.54, 1.807) is 11.8 Å². The first-order valence-corrected chi connectivity index (χ1v) is 6.95. The van der Waals surface area contributed by atoms with Crippen molar-refractivity contribution in [3.05, 3.63) is 46.2 Å². The maximum atomic E-state index is 6.09. The molecule has 1 aromatic heterocycles. The molecule has 2 rings (SSSR count). The first kappa shape index (κ1) is 12.8. The molecule has 0 aliphatic heterocycles. The second-order valence-electron chi connectivity index (χ2n) is 3.67. The average Bonchev–Trinajstić information content (AvgIpc) is 2.69. The second kappa shape index (κ2) is 5.80. The second-order valence-corrected chi connectivity index (χ2v) is 5.59. The zero-order valence-electron chi connectivity index (χ0n) is 9.36. The van der Waals surface area contributed by atoms with E-state index in [2.05, 4.69) is 5.10 Å². The molecule has 0 bridgehead atoms. The number of benzene rings is 1. The minimum absolute atomic E-state index is 0.716. The Balaban J connectivity index is 1.94. The minimum atomic E-state index is 0.716. The molecule has 1 heterocycles. The lowest BCUT2D eigenvalue weighted by atomic mass is 10.3. The zero-order valence-corrected chi connectivity index (χ0v) is 11.7. The van der Waals surface area contributed by atoms with Gasteiger partial charge in [-0.1, -0.05) is 29.3 Å². The van der Waals surface area contributed by atoms with Crippen molar-refractivity contribution >= 4 is 35.0 Å². The van der Waals surface area contributed by atoms with E-state index in [0.29, 0.717) is 10.0 Å². The zero-order chi connectivity index (χ0) is 12.3. The van der Waals surface area contributed by atoms with Crippen LogP contribution in [0.5, 0.6) is 0 Å². The third-order valence-corrected chi connectivity index (χ3v) is 4.31. The molecule has 0 radical (unpaired) electrons. The van der Waals surface area contributed by atoms with Gasteiger partial charge in [0.1, 0.15) is 0 Å². The summed E-state index contributed by atoms with van der Waals surface area (Å²) in [7, 11) is 1.92. The highest BCUT2D eigenvalue weighted by Crippen LogP contribution is 2.34. The molecule has 0 saturated carbocycles. The van der Waals surface area contributed by atoms with Crippen LogP contribution in [0.15, 0.2) is 35.5 Å². The molecule has 0 unspecified atom stereocenters. The monoisotopic (exact) mass is 286 g/mol. The van der Waals surface area contributed by atoms with Gasteiger partial charge in [-0.2, -0.15) is 5.10 Å². The number of nitrogens with zero attached hydrogens (tertiary/aromatic N) is 2. The van der Waals surface area contributed by atoms with Crippen molar-refractivity contribution in [2.45, 2.75) is 11.3 Å². The Kier molecular flexibility index (Phi) is 4.37. The van der Waals surface area contributed by atoms with Crippen LogP contribution in [-0.2, 0) is 13.5 Å². The molecular weight excluding hydrogens is 275 g/mol. The first-order valence-electron chi connectivity index (χ1n) is 5.21. The van der Waals surface area contributed by atoms with Gasteiger partial charge in [-0.05, 0) is 24.1 Å². The average molecular weight is 287 g/mol. The number of hydrogen-bond acceptors (Lipinski definition) is 2. The van der Waals surface area contributed by atoms with Crippen molar-refractivity contribution in [2.75, 3.05) is 5.75 Å². The normalized spacial score (nSPS) is 10.8. The van der Waals surface area contributed by atoms with Crippen LogP contribution in [-0.4, -0.2) is 15.5 Å². The van der Waals surface area contributed by atoms with Crippen molar-refractivity contribution < 1.29 is 0 Å². The Morgan fingerprint density at radius 2 is 2.00 bits per heavy atom. The number of aromatic nitrogens is 2. The van der Waals surface area contributed by atoms with Gasteiger partial charge in [0, 0.05) is 23.9 Å². The van der Waals surface area contributed by atoms with E-state index in [4.69, 9.17) is 23.2 Å². The lowest BCUT2D eigenvalue weighted by Gasteiger charge is -2.05. The van der Waals surface area contributed by atoms with Crippen LogP contribution < -0.4 is 0 Å². The summed E-state index contributed by atoms with van der Waals surface area (Å²) in [5.74, 6) is 0.940. The van der Waals surface area contributed by atoms with E-state index >= 15 is 0 Å². The van der Waals surface area contributed by atoms with Gasteiger partial charge in [-0.25, -0.2) is 0 Å². The molecule has 2 aromatic rings. The van der Waals surface area contributed by atoms with Gasteiger partial charge in [0.2, 0.25) is 0 Å². The Bertz CT molecular complexity index is 491. The molecule has 0 N–H and O–H groups in total. The molecule has 0 aliphatic rings. The third kappa shape index (κ3) is 3.41. The van der Waals surface area contributed by atoms with Gasteiger partial charge in [-0.3, -0.25) is 4.68 Å². The van der Waals surface area contributed by atoms with Crippen molar-refractivity contribution in [3.8, 4) is 0 Å². The summed E-state index contributed by atoms with van der Waals surface area (Å²) in [6, 6.07) is 5.58. The number of thioether (sulfide) groups is 1. The number of halogens is 2. The molecule has 0 aliphatic carbocycles. The lowest BCUT2D eigenvalue weighted by Crippen LogP contribution is -1.88. The Morgan fingerprint density at radius 1 is 1.29 bits per heavy atom. The van der Waals surface area contributed by atoms with Crippen LogP contribution in [0.1, 0.15) is 5.56 Å². The molecule has 0 amide bonds. The molecule has 0 spiro atoms. The van der Waals surface area contributed by atoms with Crippen molar-refractivity contribution in [1.82, 2.24) is 9.78 Å². The fraction of sp³-hybridized carbons (Fsp3) is 0.250. The van der Waals surface area contributed by atoms with Crippen molar-refractivity contribution in [3.63, 3.8) is 0 Å². The van der Waals surface area contributed by atoms with Crippen molar-refractivity contribution in [1.29, 1.82) is 0 Å². The predicted molar refractivity (Wildman–Crippen MR) is 74.1 cm³/mol. The molecule has 17 heavy (non-hydrogen) atoms. The van der Waals surface area contributed by atoms with Gasteiger partial charge in [0.15, 0.2) is 0 Å². The highest BCUT2D eigenvalue weighted by Gasteiger charge is 2.06. The summed E-state index contributed by atoms with van der Waals surface area (Å²) >= 11 is 13.9. The summed E-state index contributed by atoms with van der Waals surface area (Å²) in [6.07, 6.45) is 4.86.